The number of rotatable bonds is 3. The number of morpholine rings is 1. The fourth-order valence-corrected chi connectivity index (χ4v) is 3.15. The topological polar surface area (TPSA) is 37.4 Å². The molecule has 2 heterocycles. The summed E-state index contributed by atoms with van der Waals surface area (Å²) >= 11 is 0. The van der Waals surface area contributed by atoms with Gasteiger partial charge in [0.05, 0.1) is 11.2 Å². The first-order valence-electron chi connectivity index (χ1n) is 7.28. The summed E-state index contributed by atoms with van der Waals surface area (Å²) in [5.74, 6) is 0. The fraction of sp³-hybridized carbons (Fsp3) is 0.688. The lowest BCUT2D eigenvalue weighted by Crippen LogP contribution is -2.57. The minimum Gasteiger partial charge on any atom is -0.366 e. The van der Waals surface area contributed by atoms with Crippen molar-refractivity contribution in [3.05, 3.63) is 23.5 Å². The smallest absolute Gasteiger partial charge is 0.0808 e. The molecule has 0 unspecified atom stereocenters. The Morgan fingerprint density at radius 3 is 2.40 bits per heavy atom. The molecular formula is C16H27N3O. The number of hydrogen-bond donors (Lipinski definition) is 1. The Kier molecular flexibility index (Phi) is 4.07. The van der Waals surface area contributed by atoms with E-state index in [0.717, 1.165) is 25.3 Å². The summed E-state index contributed by atoms with van der Waals surface area (Å²) in [5, 5.41) is 3.23. The van der Waals surface area contributed by atoms with E-state index in [1.54, 1.807) is 0 Å². The zero-order chi connectivity index (χ0) is 15.0. The molecular weight excluding hydrogens is 250 g/mol. The molecule has 1 fully saturated rings. The van der Waals surface area contributed by atoms with Gasteiger partial charge in [-0.05, 0) is 47.7 Å². The van der Waals surface area contributed by atoms with E-state index in [1.807, 2.05) is 20.2 Å². The van der Waals surface area contributed by atoms with Gasteiger partial charge < -0.3 is 15.0 Å². The number of pyridine rings is 1. The Morgan fingerprint density at radius 2 is 1.85 bits per heavy atom. The monoisotopic (exact) mass is 277 g/mol. The lowest BCUT2D eigenvalue weighted by molar-refractivity contribution is -0.133. The van der Waals surface area contributed by atoms with E-state index in [9.17, 15) is 0 Å². The van der Waals surface area contributed by atoms with Crippen molar-refractivity contribution in [1.82, 2.24) is 10.3 Å². The predicted octanol–water partition coefficient (Wildman–Crippen LogP) is 2.50. The number of aryl methyl sites for hydroxylation is 1. The van der Waals surface area contributed by atoms with Gasteiger partial charge >= 0.3 is 0 Å². The molecule has 1 aromatic rings. The molecule has 1 N–H and O–H groups in total. The van der Waals surface area contributed by atoms with Crippen LogP contribution in [0.4, 0.5) is 5.69 Å². The van der Waals surface area contributed by atoms with Crippen molar-refractivity contribution in [3.8, 4) is 0 Å². The molecule has 0 aromatic carbocycles. The van der Waals surface area contributed by atoms with Crippen molar-refractivity contribution in [2.75, 3.05) is 25.0 Å². The minimum atomic E-state index is -0.143. The Morgan fingerprint density at radius 1 is 1.25 bits per heavy atom. The van der Waals surface area contributed by atoms with Crippen LogP contribution in [0.5, 0.6) is 0 Å². The number of ether oxygens (including phenoxy) is 1. The van der Waals surface area contributed by atoms with E-state index in [-0.39, 0.29) is 11.2 Å². The van der Waals surface area contributed by atoms with Gasteiger partial charge in [0, 0.05) is 42.8 Å². The molecule has 1 saturated heterocycles. The largest absolute Gasteiger partial charge is 0.366 e. The van der Waals surface area contributed by atoms with Crippen molar-refractivity contribution < 1.29 is 4.74 Å². The summed E-state index contributed by atoms with van der Waals surface area (Å²) in [7, 11) is 1.97. The van der Waals surface area contributed by atoms with E-state index in [4.69, 9.17) is 4.74 Å². The van der Waals surface area contributed by atoms with Gasteiger partial charge in [0.25, 0.3) is 0 Å². The molecule has 0 atom stereocenters. The van der Waals surface area contributed by atoms with Gasteiger partial charge in [-0.3, -0.25) is 4.98 Å². The molecule has 0 spiro atoms. The lowest BCUT2D eigenvalue weighted by atomic mass is 9.97. The molecule has 1 aliphatic rings. The molecule has 4 nitrogen and oxygen atoms in total. The second-order valence-corrected chi connectivity index (χ2v) is 6.96. The fourth-order valence-electron chi connectivity index (χ4n) is 3.15. The highest BCUT2D eigenvalue weighted by Crippen LogP contribution is 2.33. The SMILES string of the molecule is CNCc1cnc(C)cc1N1CC(C)(C)OC(C)(C)C1. The Bertz CT molecular complexity index is 467. The maximum Gasteiger partial charge on any atom is 0.0808 e. The number of anilines is 1. The highest BCUT2D eigenvalue weighted by molar-refractivity contribution is 5.54. The summed E-state index contributed by atoms with van der Waals surface area (Å²) in [6.45, 7) is 13.3. The predicted molar refractivity (Wildman–Crippen MR) is 83.2 cm³/mol. The van der Waals surface area contributed by atoms with E-state index in [0.29, 0.717) is 0 Å². The molecule has 20 heavy (non-hydrogen) atoms. The molecule has 0 radical (unpaired) electrons. The molecule has 0 bridgehead atoms. The average molecular weight is 277 g/mol. The van der Waals surface area contributed by atoms with Crippen molar-refractivity contribution in [3.63, 3.8) is 0 Å². The number of hydrogen-bond acceptors (Lipinski definition) is 4. The van der Waals surface area contributed by atoms with Crippen LogP contribution in [0.3, 0.4) is 0 Å². The van der Waals surface area contributed by atoms with Crippen molar-refractivity contribution in [1.29, 1.82) is 0 Å². The van der Waals surface area contributed by atoms with E-state index >= 15 is 0 Å². The van der Waals surface area contributed by atoms with Crippen LogP contribution >= 0.6 is 0 Å². The van der Waals surface area contributed by atoms with Crippen molar-refractivity contribution >= 4 is 5.69 Å². The van der Waals surface area contributed by atoms with Gasteiger partial charge in [-0.2, -0.15) is 0 Å². The Balaban J connectivity index is 2.36. The highest BCUT2D eigenvalue weighted by Gasteiger charge is 2.38. The van der Waals surface area contributed by atoms with E-state index < -0.39 is 0 Å². The van der Waals surface area contributed by atoms with Crippen LogP contribution in [-0.4, -0.2) is 36.3 Å². The Hall–Kier alpha value is -1.13. The standard InChI is InChI=1S/C16H27N3O/c1-12-7-14(13(8-17-6)9-18-12)19-10-15(2,3)20-16(4,5)11-19/h7,9,17H,8,10-11H2,1-6H3. The second-order valence-electron chi connectivity index (χ2n) is 6.96. The van der Waals surface area contributed by atoms with Gasteiger partial charge in [-0.1, -0.05) is 0 Å². The molecule has 0 saturated carbocycles. The minimum absolute atomic E-state index is 0.143. The Labute approximate surface area is 122 Å². The normalized spacial score (nSPS) is 21.0. The van der Waals surface area contributed by atoms with Crippen LogP contribution in [0.1, 0.15) is 39.0 Å². The van der Waals surface area contributed by atoms with Crippen LogP contribution in [0.15, 0.2) is 12.3 Å². The van der Waals surface area contributed by atoms with E-state index in [2.05, 4.69) is 49.0 Å². The molecule has 1 aliphatic heterocycles. The quantitative estimate of drug-likeness (QED) is 0.921. The van der Waals surface area contributed by atoms with Gasteiger partial charge in [0.15, 0.2) is 0 Å². The lowest BCUT2D eigenvalue weighted by Gasteiger charge is -2.48. The van der Waals surface area contributed by atoms with Gasteiger partial charge in [0.2, 0.25) is 0 Å². The average Bonchev–Trinajstić information content (AvgIpc) is 2.27. The van der Waals surface area contributed by atoms with Crippen LogP contribution in [0.2, 0.25) is 0 Å². The maximum atomic E-state index is 6.17. The second kappa shape index (κ2) is 5.34. The third-order valence-electron chi connectivity index (χ3n) is 3.50. The van der Waals surface area contributed by atoms with Crippen LogP contribution in [0, 0.1) is 6.92 Å². The van der Waals surface area contributed by atoms with Crippen LogP contribution in [0.25, 0.3) is 0 Å². The first-order chi connectivity index (χ1) is 9.22. The van der Waals surface area contributed by atoms with E-state index in [1.165, 1.54) is 11.3 Å². The summed E-state index contributed by atoms with van der Waals surface area (Å²) in [4.78, 5) is 6.86. The summed E-state index contributed by atoms with van der Waals surface area (Å²) < 4.78 is 6.17. The first-order valence-corrected chi connectivity index (χ1v) is 7.28. The number of nitrogens with zero attached hydrogens (tertiary/aromatic N) is 2. The molecule has 0 aliphatic carbocycles. The van der Waals surface area contributed by atoms with Crippen LogP contribution in [-0.2, 0) is 11.3 Å². The molecule has 112 valence electrons. The number of aromatic nitrogens is 1. The van der Waals surface area contributed by atoms with Gasteiger partial charge in [-0.15, -0.1) is 0 Å². The van der Waals surface area contributed by atoms with Crippen molar-refractivity contribution in [2.24, 2.45) is 0 Å². The summed E-state index contributed by atoms with van der Waals surface area (Å²) in [6, 6.07) is 2.18. The zero-order valence-electron chi connectivity index (χ0n) is 13.6. The third-order valence-corrected chi connectivity index (χ3v) is 3.50. The van der Waals surface area contributed by atoms with Crippen molar-refractivity contribution in [2.45, 2.75) is 52.4 Å². The third kappa shape index (κ3) is 3.49. The summed E-state index contributed by atoms with van der Waals surface area (Å²) in [6.07, 6.45) is 1.98. The summed E-state index contributed by atoms with van der Waals surface area (Å²) in [5.41, 5.74) is 3.29. The molecule has 1 aromatic heterocycles. The van der Waals surface area contributed by atoms with Gasteiger partial charge in [-0.25, -0.2) is 0 Å². The molecule has 4 heteroatoms. The van der Waals surface area contributed by atoms with Gasteiger partial charge in [0.1, 0.15) is 0 Å². The van der Waals surface area contributed by atoms with Crippen LogP contribution < -0.4 is 10.2 Å². The molecule has 2 rings (SSSR count). The zero-order valence-corrected chi connectivity index (χ0v) is 13.6. The molecule has 0 amide bonds. The maximum absolute atomic E-state index is 6.17. The number of nitrogens with one attached hydrogen (secondary N) is 1. The first kappa shape index (κ1) is 15.3. The highest BCUT2D eigenvalue weighted by atomic mass is 16.5.